The third-order valence-corrected chi connectivity index (χ3v) is 3.58. The summed E-state index contributed by atoms with van der Waals surface area (Å²) in [6.45, 7) is 2.78. The lowest BCUT2D eigenvalue weighted by Gasteiger charge is -2.15. The predicted molar refractivity (Wildman–Crippen MR) is 84.4 cm³/mol. The highest BCUT2D eigenvalue weighted by molar-refractivity contribution is 6.30. The van der Waals surface area contributed by atoms with Gasteiger partial charge in [-0.25, -0.2) is 0 Å². The molecule has 0 aliphatic carbocycles. The fraction of sp³-hybridized carbons (Fsp3) is 0.235. The van der Waals surface area contributed by atoms with E-state index in [0.717, 1.165) is 16.1 Å². The first-order valence-electron chi connectivity index (χ1n) is 6.70. The van der Waals surface area contributed by atoms with Crippen LogP contribution in [-0.4, -0.2) is 7.11 Å². The lowest BCUT2D eigenvalue weighted by atomic mass is 10.1. The number of methoxy groups -OCH3 is 1. The van der Waals surface area contributed by atoms with E-state index in [0.29, 0.717) is 17.9 Å². The Bertz CT molecular complexity index is 664. The molecule has 0 amide bonds. The molecule has 0 heterocycles. The summed E-state index contributed by atoms with van der Waals surface area (Å²) in [5.74, 6) is 0.604. The van der Waals surface area contributed by atoms with E-state index in [1.54, 1.807) is 13.2 Å². The standard InChI is InChI=1S/C17H17ClN2O/c1-12(14-4-3-5-16(18)9-14)20-11-13-6-7-15(10-19)17(8-13)21-2/h3-9,12,20H,11H2,1-2H3/t12-/m1/s1. The van der Waals surface area contributed by atoms with Crippen LogP contribution in [0.3, 0.4) is 0 Å². The van der Waals surface area contributed by atoms with Crippen molar-refractivity contribution in [2.75, 3.05) is 7.11 Å². The molecule has 0 fully saturated rings. The van der Waals surface area contributed by atoms with Crippen LogP contribution in [0.4, 0.5) is 0 Å². The fourth-order valence-corrected chi connectivity index (χ4v) is 2.30. The number of halogens is 1. The van der Waals surface area contributed by atoms with Crippen molar-refractivity contribution in [3.63, 3.8) is 0 Å². The Balaban J connectivity index is 2.04. The van der Waals surface area contributed by atoms with Crippen molar-refractivity contribution in [2.45, 2.75) is 19.5 Å². The maximum absolute atomic E-state index is 8.98. The zero-order valence-electron chi connectivity index (χ0n) is 12.1. The van der Waals surface area contributed by atoms with Gasteiger partial charge in [0.1, 0.15) is 11.8 Å². The van der Waals surface area contributed by atoms with E-state index in [4.69, 9.17) is 21.6 Å². The summed E-state index contributed by atoms with van der Waals surface area (Å²) in [4.78, 5) is 0. The van der Waals surface area contributed by atoms with Crippen molar-refractivity contribution in [3.8, 4) is 11.8 Å². The summed E-state index contributed by atoms with van der Waals surface area (Å²) in [6.07, 6.45) is 0. The van der Waals surface area contributed by atoms with E-state index in [2.05, 4.69) is 18.3 Å². The topological polar surface area (TPSA) is 45.0 Å². The van der Waals surface area contributed by atoms with E-state index in [9.17, 15) is 0 Å². The molecule has 0 radical (unpaired) electrons. The Kier molecular flexibility index (Phi) is 5.21. The molecule has 0 aliphatic rings. The molecule has 3 nitrogen and oxygen atoms in total. The number of benzene rings is 2. The van der Waals surface area contributed by atoms with Gasteiger partial charge in [-0.2, -0.15) is 5.26 Å². The van der Waals surface area contributed by atoms with E-state index in [1.165, 1.54) is 0 Å². The summed E-state index contributed by atoms with van der Waals surface area (Å²) < 4.78 is 5.22. The van der Waals surface area contributed by atoms with Gasteiger partial charge in [-0.3, -0.25) is 0 Å². The first kappa shape index (κ1) is 15.4. The third kappa shape index (κ3) is 3.98. The summed E-state index contributed by atoms with van der Waals surface area (Å²) in [7, 11) is 1.57. The molecule has 0 saturated heterocycles. The maximum atomic E-state index is 8.98. The largest absolute Gasteiger partial charge is 0.495 e. The summed E-state index contributed by atoms with van der Waals surface area (Å²) >= 11 is 6.00. The van der Waals surface area contributed by atoms with Crippen LogP contribution in [0.2, 0.25) is 5.02 Å². The zero-order chi connectivity index (χ0) is 15.2. The van der Waals surface area contributed by atoms with Gasteiger partial charge in [0.15, 0.2) is 0 Å². The fourth-order valence-electron chi connectivity index (χ4n) is 2.10. The second kappa shape index (κ2) is 7.12. The van der Waals surface area contributed by atoms with Crippen molar-refractivity contribution < 1.29 is 4.74 Å². The lowest BCUT2D eigenvalue weighted by molar-refractivity contribution is 0.412. The van der Waals surface area contributed by atoms with Crippen LogP contribution < -0.4 is 10.1 Å². The first-order valence-corrected chi connectivity index (χ1v) is 7.07. The summed E-state index contributed by atoms with van der Waals surface area (Å²) in [5, 5.41) is 13.1. The Morgan fingerprint density at radius 2 is 2.10 bits per heavy atom. The highest BCUT2D eigenvalue weighted by Gasteiger charge is 2.07. The van der Waals surface area contributed by atoms with Gasteiger partial charge in [-0.05, 0) is 42.3 Å². The van der Waals surface area contributed by atoms with Gasteiger partial charge in [0.25, 0.3) is 0 Å². The van der Waals surface area contributed by atoms with Gasteiger partial charge in [-0.15, -0.1) is 0 Å². The minimum Gasteiger partial charge on any atom is -0.495 e. The Morgan fingerprint density at radius 3 is 2.76 bits per heavy atom. The second-order valence-corrected chi connectivity index (χ2v) is 5.24. The molecular formula is C17H17ClN2O. The van der Waals surface area contributed by atoms with Gasteiger partial charge in [0.2, 0.25) is 0 Å². The molecule has 2 aromatic rings. The lowest BCUT2D eigenvalue weighted by Crippen LogP contribution is -2.18. The molecule has 4 heteroatoms. The normalized spacial score (nSPS) is 11.7. The number of nitrogens with zero attached hydrogens (tertiary/aromatic N) is 1. The highest BCUT2D eigenvalue weighted by Crippen LogP contribution is 2.21. The molecule has 2 aromatic carbocycles. The molecule has 21 heavy (non-hydrogen) atoms. The second-order valence-electron chi connectivity index (χ2n) is 4.80. The number of ether oxygens (including phenoxy) is 1. The molecule has 1 atom stereocenters. The van der Waals surface area contributed by atoms with Gasteiger partial charge in [-0.1, -0.05) is 29.8 Å². The van der Waals surface area contributed by atoms with Gasteiger partial charge < -0.3 is 10.1 Å². The number of hydrogen-bond donors (Lipinski definition) is 1. The Labute approximate surface area is 130 Å². The number of nitriles is 1. The number of nitrogens with one attached hydrogen (secondary N) is 1. The van der Waals surface area contributed by atoms with Crippen LogP contribution in [0.25, 0.3) is 0 Å². The van der Waals surface area contributed by atoms with Gasteiger partial charge in [0.05, 0.1) is 12.7 Å². The Morgan fingerprint density at radius 1 is 1.29 bits per heavy atom. The SMILES string of the molecule is COc1cc(CN[C@H](C)c2cccc(Cl)c2)ccc1C#N. The van der Waals surface area contributed by atoms with Crippen molar-refractivity contribution in [1.82, 2.24) is 5.32 Å². The van der Waals surface area contributed by atoms with E-state index < -0.39 is 0 Å². The van der Waals surface area contributed by atoms with Crippen LogP contribution >= 0.6 is 11.6 Å². The van der Waals surface area contributed by atoms with Crippen LogP contribution in [0, 0.1) is 11.3 Å². The summed E-state index contributed by atoms with van der Waals surface area (Å²) in [6, 6.07) is 15.7. The minimum atomic E-state index is 0.185. The molecule has 0 bridgehead atoms. The van der Waals surface area contributed by atoms with Crippen LogP contribution in [0.15, 0.2) is 42.5 Å². The third-order valence-electron chi connectivity index (χ3n) is 3.35. The molecule has 0 aromatic heterocycles. The van der Waals surface area contributed by atoms with E-state index in [-0.39, 0.29) is 6.04 Å². The first-order chi connectivity index (χ1) is 10.1. The van der Waals surface area contributed by atoms with Crippen molar-refractivity contribution in [2.24, 2.45) is 0 Å². The van der Waals surface area contributed by atoms with Crippen molar-refractivity contribution >= 4 is 11.6 Å². The molecule has 0 saturated carbocycles. The average molecular weight is 301 g/mol. The van der Waals surface area contributed by atoms with Gasteiger partial charge in [0, 0.05) is 17.6 Å². The maximum Gasteiger partial charge on any atom is 0.136 e. The quantitative estimate of drug-likeness (QED) is 0.905. The predicted octanol–water partition coefficient (Wildman–Crippen LogP) is 4.07. The molecule has 108 valence electrons. The molecule has 2 rings (SSSR count). The number of hydrogen-bond acceptors (Lipinski definition) is 3. The Hall–Kier alpha value is -2.02. The van der Waals surface area contributed by atoms with E-state index >= 15 is 0 Å². The van der Waals surface area contributed by atoms with Crippen LogP contribution in [0.1, 0.15) is 29.7 Å². The molecule has 0 aliphatic heterocycles. The van der Waals surface area contributed by atoms with Crippen molar-refractivity contribution in [3.05, 3.63) is 64.2 Å². The van der Waals surface area contributed by atoms with E-state index in [1.807, 2.05) is 36.4 Å². The minimum absolute atomic E-state index is 0.185. The smallest absolute Gasteiger partial charge is 0.136 e. The molecule has 0 unspecified atom stereocenters. The molecule has 1 N–H and O–H groups in total. The molecule has 0 spiro atoms. The monoisotopic (exact) mass is 300 g/mol. The zero-order valence-corrected chi connectivity index (χ0v) is 12.8. The number of rotatable bonds is 5. The van der Waals surface area contributed by atoms with Crippen LogP contribution in [-0.2, 0) is 6.54 Å². The summed E-state index contributed by atoms with van der Waals surface area (Å²) in [5.41, 5.74) is 2.76. The van der Waals surface area contributed by atoms with Crippen molar-refractivity contribution in [1.29, 1.82) is 5.26 Å². The van der Waals surface area contributed by atoms with Crippen LogP contribution in [0.5, 0.6) is 5.75 Å². The average Bonchev–Trinajstić information content (AvgIpc) is 2.52. The van der Waals surface area contributed by atoms with Gasteiger partial charge >= 0.3 is 0 Å². The molecular weight excluding hydrogens is 284 g/mol. The highest BCUT2D eigenvalue weighted by atomic mass is 35.5.